The van der Waals surface area contributed by atoms with Crippen molar-refractivity contribution in [2.24, 2.45) is 5.92 Å². The average molecular weight is 224 g/mol. The summed E-state index contributed by atoms with van der Waals surface area (Å²) in [4.78, 5) is 0. The number of allylic oxidation sites excluding steroid dienone is 5. The molecule has 0 saturated heterocycles. The fourth-order valence-electron chi connectivity index (χ4n) is 2.27. The molecule has 0 spiro atoms. The van der Waals surface area contributed by atoms with Crippen molar-refractivity contribution in [1.82, 2.24) is 0 Å². The fourth-order valence-corrected chi connectivity index (χ4v) is 3.16. The summed E-state index contributed by atoms with van der Waals surface area (Å²) in [5, 5.41) is 0. The molecule has 0 aromatic rings. The van der Waals surface area contributed by atoms with E-state index in [1.54, 1.807) is 0 Å². The van der Waals surface area contributed by atoms with Crippen molar-refractivity contribution in [3.05, 3.63) is 35.5 Å². The van der Waals surface area contributed by atoms with Gasteiger partial charge in [0.1, 0.15) is 0 Å². The molecule has 0 N–H and O–H groups in total. The maximum atomic E-state index is 11.2. The second-order valence-electron chi connectivity index (χ2n) is 4.44. The molecule has 0 radical (unpaired) electrons. The van der Waals surface area contributed by atoms with Crippen LogP contribution in [0.1, 0.15) is 19.3 Å². The maximum Gasteiger partial charge on any atom is 0.151 e. The van der Waals surface area contributed by atoms with E-state index >= 15 is 0 Å². The highest BCUT2D eigenvalue weighted by atomic mass is 32.2. The predicted molar refractivity (Wildman–Crippen MR) is 62.4 cm³/mol. The Morgan fingerprint density at radius 2 is 2.20 bits per heavy atom. The van der Waals surface area contributed by atoms with E-state index in [9.17, 15) is 8.42 Å². The zero-order valence-electron chi connectivity index (χ0n) is 8.94. The van der Waals surface area contributed by atoms with E-state index in [2.05, 4.69) is 18.2 Å². The van der Waals surface area contributed by atoms with Crippen molar-refractivity contribution in [1.29, 1.82) is 0 Å². The molecular formula is C12H16O2S. The molecule has 0 aromatic heterocycles. The van der Waals surface area contributed by atoms with Crippen LogP contribution in [0.4, 0.5) is 0 Å². The molecule has 0 heterocycles. The minimum Gasteiger partial charge on any atom is -0.229 e. The van der Waals surface area contributed by atoms with Gasteiger partial charge in [-0.05, 0) is 30.8 Å². The van der Waals surface area contributed by atoms with E-state index in [-0.39, 0.29) is 5.75 Å². The lowest BCUT2D eigenvalue weighted by molar-refractivity contribution is 0.549. The van der Waals surface area contributed by atoms with Crippen molar-refractivity contribution in [2.75, 3.05) is 12.0 Å². The van der Waals surface area contributed by atoms with Crippen LogP contribution in [0.25, 0.3) is 0 Å². The number of fused-ring (bicyclic) bond motifs is 1. The maximum absolute atomic E-state index is 11.2. The molecule has 1 unspecified atom stereocenters. The highest BCUT2D eigenvalue weighted by Gasteiger charge is 2.21. The molecule has 0 bridgehead atoms. The van der Waals surface area contributed by atoms with Gasteiger partial charge in [-0.2, -0.15) is 0 Å². The Labute approximate surface area is 91.3 Å². The van der Waals surface area contributed by atoms with E-state index in [0.29, 0.717) is 5.92 Å². The van der Waals surface area contributed by atoms with Gasteiger partial charge >= 0.3 is 0 Å². The normalized spacial score (nSPS) is 25.5. The summed E-state index contributed by atoms with van der Waals surface area (Å²) in [6.45, 7) is 0. The fraction of sp³-hybridized carbons (Fsp3) is 0.500. The minimum atomic E-state index is -2.88. The van der Waals surface area contributed by atoms with Crippen LogP contribution in [0.2, 0.25) is 0 Å². The number of hydrogen-bond acceptors (Lipinski definition) is 2. The van der Waals surface area contributed by atoms with Gasteiger partial charge in [-0.3, -0.25) is 0 Å². The standard InChI is InChI=1S/C12H16O2S/c1-15(13,14)9-10-6-7-11-4-2-3-5-12(11)8-10/h2,4,6-7,12H,3,5,8-9H2,1H3. The topological polar surface area (TPSA) is 34.1 Å². The minimum absolute atomic E-state index is 0.219. The van der Waals surface area contributed by atoms with Crippen molar-refractivity contribution in [3.8, 4) is 0 Å². The predicted octanol–water partition coefficient (Wildman–Crippen LogP) is 2.25. The van der Waals surface area contributed by atoms with Crippen LogP contribution < -0.4 is 0 Å². The van der Waals surface area contributed by atoms with Gasteiger partial charge in [-0.1, -0.05) is 29.9 Å². The van der Waals surface area contributed by atoms with Gasteiger partial charge in [0.05, 0.1) is 5.75 Å². The Balaban J connectivity index is 2.16. The first-order valence-electron chi connectivity index (χ1n) is 5.28. The highest BCUT2D eigenvalue weighted by Crippen LogP contribution is 2.33. The summed E-state index contributed by atoms with van der Waals surface area (Å²) >= 11 is 0. The smallest absolute Gasteiger partial charge is 0.151 e. The van der Waals surface area contributed by atoms with E-state index in [1.807, 2.05) is 6.08 Å². The zero-order valence-corrected chi connectivity index (χ0v) is 9.76. The molecule has 2 aliphatic carbocycles. The molecule has 3 heteroatoms. The SMILES string of the molecule is CS(=O)(=O)CC1=CC=C2C=CCCC2C1. The lowest BCUT2D eigenvalue weighted by atomic mass is 9.81. The lowest BCUT2D eigenvalue weighted by Crippen LogP contribution is -2.15. The van der Waals surface area contributed by atoms with Crippen LogP contribution in [-0.2, 0) is 9.84 Å². The third-order valence-corrected chi connectivity index (χ3v) is 3.83. The number of sulfone groups is 1. The number of hydrogen-bond donors (Lipinski definition) is 0. The van der Waals surface area contributed by atoms with Gasteiger partial charge in [0, 0.05) is 6.26 Å². The molecule has 2 rings (SSSR count). The van der Waals surface area contributed by atoms with E-state index in [0.717, 1.165) is 24.8 Å². The quantitative estimate of drug-likeness (QED) is 0.721. The molecule has 0 aromatic carbocycles. The first kappa shape index (κ1) is 10.7. The van der Waals surface area contributed by atoms with Crippen molar-refractivity contribution in [3.63, 3.8) is 0 Å². The molecule has 2 nitrogen and oxygen atoms in total. The average Bonchev–Trinajstić information content (AvgIpc) is 2.15. The largest absolute Gasteiger partial charge is 0.229 e. The van der Waals surface area contributed by atoms with E-state index < -0.39 is 9.84 Å². The van der Waals surface area contributed by atoms with E-state index in [4.69, 9.17) is 0 Å². The van der Waals surface area contributed by atoms with Gasteiger partial charge in [0.25, 0.3) is 0 Å². The molecular weight excluding hydrogens is 208 g/mol. The first-order chi connectivity index (χ1) is 7.04. The lowest BCUT2D eigenvalue weighted by Gasteiger charge is -2.25. The van der Waals surface area contributed by atoms with Gasteiger partial charge in [-0.15, -0.1) is 0 Å². The summed E-state index contributed by atoms with van der Waals surface area (Å²) < 4.78 is 22.4. The Morgan fingerprint density at radius 1 is 1.40 bits per heavy atom. The second kappa shape index (κ2) is 3.97. The third-order valence-electron chi connectivity index (χ3n) is 2.93. The second-order valence-corrected chi connectivity index (χ2v) is 6.58. The van der Waals surface area contributed by atoms with Crippen LogP contribution in [0, 0.1) is 5.92 Å². The summed E-state index contributed by atoms with van der Waals surface area (Å²) in [6, 6.07) is 0. The van der Waals surface area contributed by atoms with Crippen LogP contribution in [0.3, 0.4) is 0 Å². The van der Waals surface area contributed by atoms with Gasteiger partial charge in [0.15, 0.2) is 9.84 Å². The van der Waals surface area contributed by atoms with Crippen LogP contribution in [0.5, 0.6) is 0 Å². The number of rotatable bonds is 2. The van der Waals surface area contributed by atoms with Gasteiger partial charge < -0.3 is 0 Å². The summed E-state index contributed by atoms with van der Waals surface area (Å²) in [6.07, 6.45) is 12.9. The Morgan fingerprint density at radius 3 is 2.93 bits per heavy atom. The molecule has 2 aliphatic rings. The molecule has 0 amide bonds. The Bertz CT molecular complexity index is 438. The Kier molecular flexibility index (Phi) is 2.83. The van der Waals surface area contributed by atoms with E-state index in [1.165, 1.54) is 11.8 Å². The Hall–Kier alpha value is -0.830. The molecule has 0 saturated carbocycles. The van der Waals surface area contributed by atoms with Crippen molar-refractivity contribution >= 4 is 9.84 Å². The molecule has 0 aliphatic heterocycles. The molecule has 0 fully saturated rings. The third kappa shape index (κ3) is 2.81. The van der Waals surface area contributed by atoms with Gasteiger partial charge in [-0.25, -0.2) is 8.42 Å². The monoisotopic (exact) mass is 224 g/mol. The molecule has 82 valence electrons. The summed E-state index contributed by atoms with van der Waals surface area (Å²) in [5.74, 6) is 0.772. The summed E-state index contributed by atoms with van der Waals surface area (Å²) in [5.41, 5.74) is 2.42. The first-order valence-corrected chi connectivity index (χ1v) is 7.34. The van der Waals surface area contributed by atoms with Crippen LogP contribution in [-0.4, -0.2) is 20.4 Å². The van der Waals surface area contributed by atoms with Crippen LogP contribution in [0.15, 0.2) is 35.5 Å². The van der Waals surface area contributed by atoms with Crippen LogP contribution >= 0.6 is 0 Å². The highest BCUT2D eigenvalue weighted by molar-refractivity contribution is 7.90. The molecule has 1 atom stereocenters. The summed E-state index contributed by atoms with van der Waals surface area (Å²) in [7, 11) is -2.88. The van der Waals surface area contributed by atoms with Gasteiger partial charge in [0.2, 0.25) is 0 Å². The van der Waals surface area contributed by atoms with Crippen molar-refractivity contribution < 1.29 is 8.42 Å². The van der Waals surface area contributed by atoms with Crippen molar-refractivity contribution in [2.45, 2.75) is 19.3 Å². The zero-order chi connectivity index (χ0) is 10.9. The molecule has 15 heavy (non-hydrogen) atoms.